The molecule has 1 aromatic heterocycles. The zero-order valence-corrected chi connectivity index (χ0v) is 11.9. The molecular weight excluding hydrogens is 246 g/mol. The van der Waals surface area contributed by atoms with Crippen molar-refractivity contribution in [3.8, 4) is 5.69 Å². The van der Waals surface area contributed by atoms with E-state index in [9.17, 15) is 0 Å². The Morgan fingerprint density at radius 3 is 2.55 bits per heavy atom. The van der Waals surface area contributed by atoms with E-state index < -0.39 is 0 Å². The summed E-state index contributed by atoms with van der Waals surface area (Å²) in [5.41, 5.74) is 4.61. The highest BCUT2D eigenvalue weighted by molar-refractivity contribution is 5.77. The second-order valence-corrected chi connectivity index (χ2v) is 5.31. The van der Waals surface area contributed by atoms with Crippen LogP contribution in [-0.2, 0) is 6.54 Å². The molecule has 0 spiro atoms. The zero-order chi connectivity index (χ0) is 13.9. The van der Waals surface area contributed by atoms with Crippen molar-refractivity contribution in [2.75, 3.05) is 0 Å². The molecule has 0 saturated heterocycles. The molecular formula is C17H19N3. The molecule has 0 atom stereocenters. The van der Waals surface area contributed by atoms with Crippen molar-refractivity contribution >= 4 is 11.0 Å². The number of imidazole rings is 1. The Balaban J connectivity index is 1.87. The van der Waals surface area contributed by atoms with E-state index in [1.807, 2.05) is 24.5 Å². The predicted octanol–water partition coefficient (Wildman–Crippen LogP) is 3.52. The molecule has 0 unspecified atom stereocenters. The minimum Gasteiger partial charge on any atom is -0.310 e. The highest BCUT2D eigenvalue weighted by atomic mass is 15.0. The smallest absolute Gasteiger partial charge is 0.100 e. The molecule has 0 aliphatic heterocycles. The second-order valence-electron chi connectivity index (χ2n) is 5.31. The maximum atomic E-state index is 4.43. The van der Waals surface area contributed by atoms with Crippen molar-refractivity contribution in [1.82, 2.24) is 14.9 Å². The minimum absolute atomic E-state index is 0.507. The summed E-state index contributed by atoms with van der Waals surface area (Å²) in [6, 6.07) is 17.3. The largest absolute Gasteiger partial charge is 0.310 e. The summed E-state index contributed by atoms with van der Waals surface area (Å²) in [4.78, 5) is 4.43. The monoisotopic (exact) mass is 265 g/mol. The molecule has 1 N–H and O–H groups in total. The van der Waals surface area contributed by atoms with Crippen LogP contribution < -0.4 is 5.32 Å². The Morgan fingerprint density at radius 1 is 1.05 bits per heavy atom. The SMILES string of the molecule is CC(C)NCc1ccc(-n2cnc3ccccc32)cc1. The van der Waals surface area contributed by atoms with Gasteiger partial charge in [0.15, 0.2) is 0 Å². The Bertz CT molecular complexity index is 696. The van der Waals surface area contributed by atoms with Crippen molar-refractivity contribution < 1.29 is 0 Å². The Kier molecular flexibility index (Phi) is 3.52. The Labute approximate surface area is 119 Å². The molecule has 3 nitrogen and oxygen atoms in total. The van der Waals surface area contributed by atoms with Crippen LogP contribution in [0.15, 0.2) is 54.9 Å². The van der Waals surface area contributed by atoms with Gasteiger partial charge in [-0.1, -0.05) is 38.1 Å². The number of fused-ring (bicyclic) bond motifs is 1. The minimum atomic E-state index is 0.507. The van der Waals surface area contributed by atoms with Crippen molar-refractivity contribution in [1.29, 1.82) is 0 Å². The van der Waals surface area contributed by atoms with Crippen LogP contribution in [0.25, 0.3) is 16.7 Å². The third kappa shape index (κ3) is 2.58. The number of hydrogen-bond acceptors (Lipinski definition) is 2. The molecule has 0 radical (unpaired) electrons. The van der Waals surface area contributed by atoms with Gasteiger partial charge in [0.05, 0.1) is 11.0 Å². The van der Waals surface area contributed by atoms with Crippen LogP contribution >= 0.6 is 0 Å². The number of benzene rings is 2. The van der Waals surface area contributed by atoms with E-state index in [0.29, 0.717) is 6.04 Å². The number of rotatable bonds is 4. The van der Waals surface area contributed by atoms with Crippen LogP contribution in [0.4, 0.5) is 0 Å². The quantitative estimate of drug-likeness (QED) is 0.782. The van der Waals surface area contributed by atoms with Gasteiger partial charge >= 0.3 is 0 Å². The van der Waals surface area contributed by atoms with Gasteiger partial charge in [-0.2, -0.15) is 0 Å². The lowest BCUT2D eigenvalue weighted by atomic mass is 10.2. The van der Waals surface area contributed by atoms with Gasteiger partial charge in [-0.25, -0.2) is 4.98 Å². The maximum Gasteiger partial charge on any atom is 0.100 e. The van der Waals surface area contributed by atoms with Gasteiger partial charge in [-0.15, -0.1) is 0 Å². The fourth-order valence-electron chi connectivity index (χ4n) is 2.26. The van der Waals surface area contributed by atoms with E-state index in [1.54, 1.807) is 0 Å². The first-order valence-corrected chi connectivity index (χ1v) is 6.99. The third-order valence-corrected chi connectivity index (χ3v) is 3.38. The molecule has 1 heterocycles. The van der Waals surface area contributed by atoms with Gasteiger partial charge in [0.2, 0.25) is 0 Å². The van der Waals surface area contributed by atoms with Crippen LogP contribution in [0, 0.1) is 0 Å². The number of aromatic nitrogens is 2. The Hall–Kier alpha value is -2.13. The highest BCUT2D eigenvalue weighted by Gasteiger charge is 2.03. The molecule has 20 heavy (non-hydrogen) atoms. The van der Waals surface area contributed by atoms with Crippen LogP contribution in [0.5, 0.6) is 0 Å². The second kappa shape index (κ2) is 5.47. The average molecular weight is 265 g/mol. The lowest BCUT2D eigenvalue weighted by molar-refractivity contribution is 0.589. The van der Waals surface area contributed by atoms with Crippen LogP contribution in [-0.4, -0.2) is 15.6 Å². The molecule has 3 rings (SSSR count). The normalized spacial score (nSPS) is 11.3. The van der Waals surface area contributed by atoms with Gasteiger partial charge < -0.3 is 5.32 Å². The molecule has 3 aromatic rings. The molecule has 0 aliphatic carbocycles. The number of para-hydroxylation sites is 2. The van der Waals surface area contributed by atoms with Crippen LogP contribution in [0.1, 0.15) is 19.4 Å². The fourth-order valence-corrected chi connectivity index (χ4v) is 2.26. The first kappa shape index (κ1) is 12.9. The summed E-state index contributed by atoms with van der Waals surface area (Å²) in [6.45, 7) is 5.22. The first-order chi connectivity index (χ1) is 9.74. The maximum absolute atomic E-state index is 4.43. The van der Waals surface area contributed by atoms with E-state index >= 15 is 0 Å². The van der Waals surface area contributed by atoms with Gasteiger partial charge in [0.1, 0.15) is 6.33 Å². The predicted molar refractivity (Wildman–Crippen MR) is 83.0 cm³/mol. The van der Waals surface area contributed by atoms with Gasteiger partial charge in [-0.3, -0.25) is 4.57 Å². The van der Waals surface area contributed by atoms with Crippen molar-refractivity contribution in [3.05, 3.63) is 60.4 Å². The lowest BCUT2D eigenvalue weighted by Gasteiger charge is -2.09. The van der Waals surface area contributed by atoms with Crippen molar-refractivity contribution in [2.45, 2.75) is 26.4 Å². The van der Waals surface area contributed by atoms with Gasteiger partial charge in [0, 0.05) is 18.3 Å². The first-order valence-electron chi connectivity index (χ1n) is 6.99. The number of nitrogens with zero attached hydrogens (tertiary/aromatic N) is 2. The van der Waals surface area contributed by atoms with E-state index in [-0.39, 0.29) is 0 Å². The molecule has 0 aliphatic rings. The van der Waals surface area contributed by atoms with E-state index in [0.717, 1.165) is 23.3 Å². The summed E-state index contributed by atoms with van der Waals surface area (Å²) in [6.07, 6.45) is 1.88. The molecule has 0 amide bonds. The summed E-state index contributed by atoms with van der Waals surface area (Å²) in [5.74, 6) is 0. The van der Waals surface area contributed by atoms with E-state index in [4.69, 9.17) is 0 Å². The number of hydrogen-bond donors (Lipinski definition) is 1. The topological polar surface area (TPSA) is 29.9 Å². The van der Waals surface area contributed by atoms with Gasteiger partial charge in [-0.05, 0) is 29.8 Å². The Morgan fingerprint density at radius 2 is 1.80 bits per heavy atom. The van der Waals surface area contributed by atoms with Crippen molar-refractivity contribution in [3.63, 3.8) is 0 Å². The molecule has 2 aromatic carbocycles. The highest BCUT2D eigenvalue weighted by Crippen LogP contribution is 2.18. The van der Waals surface area contributed by atoms with E-state index in [1.165, 1.54) is 5.56 Å². The summed E-state index contributed by atoms with van der Waals surface area (Å²) in [5, 5.41) is 3.43. The summed E-state index contributed by atoms with van der Waals surface area (Å²) in [7, 11) is 0. The summed E-state index contributed by atoms with van der Waals surface area (Å²) < 4.78 is 2.12. The number of nitrogens with one attached hydrogen (secondary N) is 1. The molecule has 3 heteroatoms. The van der Waals surface area contributed by atoms with Crippen LogP contribution in [0.3, 0.4) is 0 Å². The van der Waals surface area contributed by atoms with Crippen LogP contribution in [0.2, 0.25) is 0 Å². The molecule has 102 valence electrons. The lowest BCUT2D eigenvalue weighted by Crippen LogP contribution is -2.21. The molecule has 0 fully saturated rings. The van der Waals surface area contributed by atoms with Crippen molar-refractivity contribution in [2.24, 2.45) is 0 Å². The van der Waals surface area contributed by atoms with E-state index in [2.05, 4.69) is 59.0 Å². The fraction of sp³-hybridized carbons (Fsp3) is 0.235. The zero-order valence-electron chi connectivity index (χ0n) is 11.9. The third-order valence-electron chi connectivity index (χ3n) is 3.38. The molecule has 0 bridgehead atoms. The average Bonchev–Trinajstić information content (AvgIpc) is 2.89. The standard InChI is InChI=1S/C17H19N3/c1-13(2)18-11-14-7-9-15(10-8-14)20-12-19-16-5-3-4-6-17(16)20/h3-10,12-13,18H,11H2,1-2H3. The molecule has 0 saturated carbocycles. The van der Waals surface area contributed by atoms with Gasteiger partial charge in [0.25, 0.3) is 0 Å². The summed E-state index contributed by atoms with van der Waals surface area (Å²) >= 11 is 0.